The number of aliphatic hydroxyl groups excluding tert-OH is 1. The van der Waals surface area contributed by atoms with Crippen LogP contribution in [-0.2, 0) is 6.54 Å². The lowest BCUT2D eigenvalue weighted by Gasteiger charge is -2.20. The zero-order chi connectivity index (χ0) is 9.10. The minimum Gasteiger partial charge on any atom is -0.468 e. The van der Waals surface area contributed by atoms with E-state index in [1.807, 2.05) is 12.1 Å². The second kappa shape index (κ2) is 3.94. The van der Waals surface area contributed by atoms with Crippen molar-refractivity contribution in [3.63, 3.8) is 0 Å². The monoisotopic (exact) mass is 181 g/mol. The van der Waals surface area contributed by atoms with E-state index in [0.29, 0.717) is 6.04 Å². The highest BCUT2D eigenvalue weighted by Gasteiger charge is 2.23. The van der Waals surface area contributed by atoms with Gasteiger partial charge >= 0.3 is 0 Å². The average Bonchev–Trinajstić information content (AvgIpc) is 2.76. The molecule has 0 radical (unpaired) electrons. The molecule has 13 heavy (non-hydrogen) atoms. The molecular weight excluding hydrogens is 166 g/mol. The van der Waals surface area contributed by atoms with E-state index in [9.17, 15) is 0 Å². The van der Waals surface area contributed by atoms with Gasteiger partial charge in [-0.2, -0.15) is 0 Å². The maximum atomic E-state index is 9.09. The third kappa shape index (κ3) is 1.92. The molecule has 1 fully saturated rings. The van der Waals surface area contributed by atoms with E-state index in [4.69, 9.17) is 9.52 Å². The Morgan fingerprint density at radius 1 is 1.62 bits per heavy atom. The van der Waals surface area contributed by atoms with Crippen LogP contribution in [0.15, 0.2) is 22.8 Å². The lowest BCUT2D eigenvalue weighted by atomic mass is 10.2. The summed E-state index contributed by atoms with van der Waals surface area (Å²) in [6.07, 6.45) is 3.99. The molecule has 1 saturated heterocycles. The first-order valence-electron chi connectivity index (χ1n) is 4.77. The van der Waals surface area contributed by atoms with Gasteiger partial charge in [0.2, 0.25) is 0 Å². The Labute approximate surface area is 78.0 Å². The van der Waals surface area contributed by atoms with Crippen molar-refractivity contribution in [2.24, 2.45) is 0 Å². The fourth-order valence-electron chi connectivity index (χ4n) is 1.91. The van der Waals surface area contributed by atoms with E-state index in [2.05, 4.69) is 4.90 Å². The fourth-order valence-corrected chi connectivity index (χ4v) is 1.91. The van der Waals surface area contributed by atoms with Crippen molar-refractivity contribution in [2.45, 2.75) is 25.4 Å². The molecule has 1 aliphatic rings. The van der Waals surface area contributed by atoms with Crippen molar-refractivity contribution < 1.29 is 9.52 Å². The molecular formula is C10H15NO2. The first-order chi connectivity index (χ1) is 6.40. The molecule has 0 amide bonds. The molecule has 0 bridgehead atoms. The summed E-state index contributed by atoms with van der Waals surface area (Å²) < 4.78 is 5.26. The van der Waals surface area contributed by atoms with Gasteiger partial charge in [-0.05, 0) is 31.5 Å². The summed E-state index contributed by atoms with van der Waals surface area (Å²) in [5, 5.41) is 9.09. The summed E-state index contributed by atoms with van der Waals surface area (Å²) in [5.74, 6) is 0.986. The van der Waals surface area contributed by atoms with Crippen LogP contribution in [0.3, 0.4) is 0 Å². The molecule has 1 aromatic rings. The van der Waals surface area contributed by atoms with E-state index < -0.39 is 0 Å². The van der Waals surface area contributed by atoms with Crippen LogP contribution in [0.2, 0.25) is 0 Å². The zero-order valence-corrected chi connectivity index (χ0v) is 7.65. The number of hydrogen-bond acceptors (Lipinski definition) is 3. The molecule has 1 atom stereocenters. The molecule has 1 aromatic heterocycles. The lowest BCUT2D eigenvalue weighted by molar-refractivity contribution is 0.146. The largest absolute Gasteiger partial charge is 0.468 e. The van der Waals surface area contributed by atoms with Crippen molar-refractivity contribution >= 4 is 0 Å². The maximum Gasteiger partial charge on any atom is 0.117 e. The molecule has 2 rings (SSSR count). The Balaban J connectivity index is 1.94. The molecule has 1 aliphatic heterocycles. The molecule has 1 N–H and O–H groups in total. The van der Waals surface area contributed by atoms with Crippen molar-refractivity contribution in [3.8, 4) is 0 Å². The summed E-state index contributed by atoms with van der Waals surface area (Å²) in [7, 11) is 0. The Morgan fingerprint density at radius 2 is 2.54 bits per heavy atom. The third-order valence-corrected chi connectivity index (χ3v) is 2.65. The molecule has 3 nitrogen and oxygen atoms in total. The van der Waals surface area contributed by atoms with Crippen LogP contribution in [-0.4, -0.2) is 29.2 Å². The van der Waals surface area contributed by atoms with Crippen LogP contribution in [0.4, 0.5) is 0 Å². The minimum atomic E-state index is 0.265. The fraction of sp³-hybridized carbons (Fsp3) is 0.600. The van der Waals surface area contributed by atoms with Gasteiger partial charge in [0.15, 0.2) is 0 Å². The van der Waals surface area contributed by atoms with Crippen LogP contribution in [0, 0.1) is 0 Å². The number of likely N-dealkylation sites (tertiary alicyclic amines) is 1. The third-order valence-electron chi connectivity index (χ3n) is 2.65. The number of furan rings is 1. The Bertz CT molecular complexity index is 245. The summed E-state index contributed by atoms with van der Waals surface area (Å²) >= 11 is 0. The van der Waals surface area contributed by atoms with E-state index in [1.165, 1.54) is 6.42 Å². The van der Waals surface area contributed by atoms with Crippen LogP contribution in [0.5, 0.6) is 0 Å². The molecule has 2 heterocycles. The average molecular weight is 181 g/mol. The van der Waals surface area contributed by atoms with Gasteiger partial charge in [-0.25, -0.2) is 0 Å². The Kier molecular flexibility index (Phi) is 2.66. The van der Waals surface area contributed by atoms with E-state index in [0.717, 1.165) is 25.3 Å². The van der Waals surface area contributed by atoms with Crippen LogP contribution < -0.4 is 0 Å². The Hall–Kier alpha value is -0.800. The van der Waals surface area contributed by atoms with Gasteiger partial charge in [-0.15, -0.1) is 0 Å². The van der Waals surface area contributed by atoms with Crippen molar-refractivity contribution in [1.82, 2.24) is 4.90 Å². The van der Waals surface area contributed by atoms with Crippen molar-refractivity contribution in [1.29, 1.82) is 0 Å². The second-order valence-corrected chi connectivity index (χ2v) is 3.53. The van der Waals surface area contributed by atoms with E-state index >= 15 is 0 Å². The van der Waals surface area contributed by atoms with Gasteiger partial charge in [0.1, 0.15) is 5.76 Å². The van der Waals surface area contributed by atoms with Crippen molar-refractivity contribution in [2.75, 3.05) is 13.2 Å². The summed E-state index contributed by atoms with van der Waals surface area (Å²) in [5.41, 5.74) is 0. The predicted molar refractivity (Wildman–Crippen MR) is 49.2 cm³/mol. The van der Waals surface area contributed by atoms with Gasteiger partial charge < -0.3 is 9.52 Å². The molecule has 72 valence electrons. The highest BCUT2D eigenvalue weighted by molar-refractivity contribution is 4.99. The van der Waals surface area contributed by atoms with Crippen LogP contribution in [0.25, 0.3) is 0 Å². The van der Waals surface area contributed by atoms with E-state index in [1.54, 1.807) is 6.26 Å². The summed E-state index contributed by atoms with van der Waals surface area (Å²) in [6, 6.07) is 4.22. The highest BCUT2D eigenvalue weighted by Crippen LogP contribution is 2.19. The molecule has 3 heteroatoms. The van der Waals surface area contributed by atoms with Crippen molar-refractivity contribution in [3.05, 3.63) is 24.2 Å². The topological polar surface area (TPSA) is 36.6 Å². The molecule has 0 spiro atoms. The SMILES string of the molecule is OCC1CCCN1Cc1ccco1. The first-order valence-corrected chi connectivity index (χ1v) is 4.77. The van der Waals surface area contributed by atoms with Crippen LogP contribution in [0.1, 0.15) is 18.6 Å². The van der Waals surface area contributed by atoms with E-state index in [-0.39, 0.29) is 6.61 Å². The predicted octanol–water partition coefficient (Wildman–Crippen LogP) is 1.24. The summed E-state index contributed by atoms with van der Waals surface area (Å²) in [4.78, 5) is 2.28. The molecule has 1 unspecified atom stereocenters. The number of rotatable bonds is 3. The van der Waals surface area contributed by atoms with Gasteiger partial charge in [0.25, 0.3) is 0 Å². The number of aliphatic hydroxyl groups is 1. The number of nitrogens with zero attached hydrogens (tertiary/aromatic N) is 1. The van der Waals surface area contributed by atoms with Gasteiger partial charge in [-0.1, -0.05) is 0 Å². The molecule has 0 saturated carbocycles. The van der Waals surface area contributed by atoms with Crippen LogP contribution >= 0.6 is 0 Å². The second-order valence-electron chi connectivity index (χ2n) is 3.53. The van der Waals surface area contributed by atoms with Gasteiger partial charge in [-0.3, -0.25) is 4.90 Å². The summed E-state index contributed by atoms with van der Waals surface area (Å²) in [6.45, 7) is 2.17. The Morgan fingerprint density at radius 3 is 3.23 bits per heavy atom. The maximum absolute atomic E-state index is 9.09. The smallest absolute Gasteiger partial charge is 0.117 e. The molecule has 0 aliphatic carbocycles. The lowest BCUT2D eigenvalue weighted by Crippen LogP contribution is -2.31. The highest BCUT2D eigenvalue weighted by atomic mass is 16.3. The standard InChI is InChI=1S/C10H15NO2/c12-8-9-3-1-5-11(9)7-10-4-2-6-13-10/h2,4,6,9,12H,1,3,5,7-8H2. The zero-order valence-electron chi connectivity index (χ0n) is 7.65. The minimum absolute atomic E-state index is 0.265. The number of hydrogen-bond donors (Lipinski definition) is 1. The van der Waals surface area contributed by atoms with Gasteiger partial charge in [0, 0.05) is 6.04 Å². The first kappa shape index (κ1) is 8.78. The van der Waals surface area contributed by atoms with Gasteiger partial charge in [0.05, 0.1) is 19.4 Å². The quantitative estimate of drug-likeness (QED) is 0.762. The normalized spacial score (nSPS) is 23.9. The molecule has 0 aromatic carbocycles.